The van der Waals surface area contributed by atoms with E-state index in [1.807, 2.05) is 152 Å². The van der Waals surface area contributed by atoms with Gasteiger partial charge in [-0.1, -0.05) is 180 Å². The number of fused-ring (bicyclic) bond motifs is 1. The number of esters is 1. The highest BCUT2D eigenvalue weighted by Gasteiger charge is 2.54. The van der Waals surface area contributed by atoms with Gasteiger partial charge >= 0.3 is 5.97 Å². The Kier molecular flexibility index (Phi) is 11.1. The number of hydrogen-bond acceptors (Lipinski definition) is 10. The maximum Gasteiger partial charge on any atom is 0.356 e. The van der Waals surface area contributed by atoms with Crippen LogP contribution in [0.25, 0.3) is 0 Å². The highest BCUT2D eigenvalue weighted by atomic mass is 35.5. The Labute approximate surface area is 349 Å². The third kappa shape index (κ3) is 7.37. The lowest BCUT2D eigenvalue weighted by molar-refractivity contribution is -0.158. The number of amides is 2. The van der Waals surface area contributed by atoms with Crippen LogP contribution in [0, 0.1) is 0 Å². The van der Waals surface area contributed by atoms with Crippen LogP contribution in [0.15, 0.2) is 167 Å². The lowest BCUT2D eigenvalue weighted by Crippen LogP contribution is -2.72. The molecule has 2 aliphatic rings. The van der Waals surface area contributed by atoms with Crippen molar-refractivity contribution < 1.29 is 24.0 Å². The first kappa shape index (κ1) is 38.7. The molecule has 1 fully saturated rings. The fourth-order valence-corrected chi connectivity index (χ4v) is 8.69. The summed E-state index contributed by atoms with van der Waals surface area (Å²) in [7, 11) is 0. The summed E-state index contributed by atoms with van der Waals surface area (Å²) in [5.41, 5.74) is 8.22. The molecule has 0 saturated carbocycles. The van der Waals surface area contributed by atoms with Crippen molar-refractivity contribution in [2.24, 2.45) is 5.16 Å². The number of ether oxygens (including phenoxy) is 1. The van der Waals surface area contributed by atoms with Crippen LogP contribution in [-0.2, 0) is 29.6 Å². The van der Waals surface area contributed by atoms with Crippen LogP contribution in [0.5, 0.6) is 0 Å². The molecule has 1 saturated heterocycles. The van der Waals surface area contributed by atoms with Crippen molar-refractivity contribution in [2.75, 3.05) is 5.73 Å². The second kappa shape index (κ2) is 16.7. The molecule has 3 heterocycles. The van der Waals surface area contributed by atoms with Gasteiger partial charge in [-0.05, 0) is 24.0 Å². The van der Waals surface area contributed by atoms with Crippen molar-refractivity contribution in [1.82, 2.24) is 15.2 Å². The monoisotopic (exact) mass is 825 g/mol. The second-order valence-corrected chi connectivity index (χ2v) is 15.8. The Balaban J connectivity index is 1.11. The summed E-state index contributed by atoms with van der Waals surface area (Å²) in [4.78, 5) is 55.3. The maximum atomic E-state index is 14.4. The average molecular weight is 826 g/mol. The van der Waals surface area contributed by atoms with Crippen LogP contribution in [0.3, 0.4) is 0 Å². The van der Waals surface area contributed by atoms with E-state index in [2.05, 4.69) is 28.1 Å². The number of oxime groups is 1. The Morgan fingerprint density at radius 1 is 0.828 bits per heavy atom. The molecule has 0 radical (unpaired) electrons. The van der Waals surface area contributed by atoms with Crippen molar-refractivity contribution in [3.63, 3.8) is 0 Å². The number of aromatic nitrogens is 1. The standard InChI is InChI=1S/C45H36ClN5O5S2/c46-40-36(49-44(47)58-40)37(50-56-45(30-20-10-3-11-21-30,31-22-12-4-13-23-31)32-24-14-5-15-25-32)41(52)48-35-33-26-27-34(57)38(51(33)42(35)53)43(54)55-39(28-16-6-1-7-17-28)29-18-8-2-9-19-29/h1-25,33,35,39,57H,26-27H2,(H2,47,49)(H,48,52)/b50-37+/t33?,35-/m1/s1. The lowest BCUT2D eigenvalue weighted by Gasteiger charge is -2.50. The van der Waals surface area contributed by atoms with Crippen molar-refractivity contribution in [2.45, 2.75) is 36.6 Å². The predicted octanol–water partition coefficient (Wildman–Crippen LogP) is 8.06. The molecule has 2 aliphatic heterocycles. The molecule has 1 aromatic heterocycles. The molecule has 10 nitrogen and oxygen atoms in total. The number of allylic oxidation sites excluding steroid dienone is 1. The summed E-state index contributed by atoms with van der Waals surface area (Å²) in [6, 6.07) is 45.7. The summed E-state index contributed by atoms with van der Waals surface area (Å²) in [6.45, 7) is 0. The van der Waals surface area contributed by atoms with Gasteiger partial charge in [-0.2, -0.15) is 0 Å². The smallest absolute Gasteiger partial charge is 0.356 e. The number of β-lactam (4-membered cyclic amide) rings is 1. The number of nitrogens with two attached hydrogens (primary N) is 1. The molecule has 2 atom stereocenters. The van der Waals surface area contributed by atoms with E-state index < -0.39 is 41.6 Å². The molecule has 2 amide bonds. The van der Waals surface area contributed by atoms with Crippen molar-refractivity contribution in [3.8, 4) is 0 Å². The van der Waals surface area contributed by atoms with E-state index in [0.717, 1.165) is 39.2 Å². The third-order valence-electron chi connectivity index (χ3n) is 10.2. The number of nitrogens with one attached hydrogen (secondary N) is 1. The minimum atomic E-state index is -1.34. The fourth-order valence-electron chi connectivity index (χ4n) is 7.44. The van der Waals surface area contributed by atoms with Gasteiger partial charge in [-0.3, -0.25) is 14.5 Å². The van der Waals surface area contributed by atoms with Gasteiger partial charge in [-0.25, -0.2) is 9.78 Å². The normalized spacial score (nSPS) is 16.7. The van der Waals surface area contributed by atoms with E-state index in [1.54, 1.807) is 0 Å². The van der Waals surface area contributed by atoms with Crippen LogP contribution in [0.2, 0.25) is 4.34 Å². The number of anilines is 1. The Hall–Kier alpha value is -6.21. The highest BCUT2D eigenvalue weighted by molar-refractivity contribution is 7.84. The van der Waals surface area contributed by atoms with Gasteiger partial charge in [0.1, 0.15) is 21.8 Å². The number of hydrogen-bond donors (Lipinski definition) is 3. The number of benzene rings is 5. The molecular formula is C45H36ClN5O5S2. The number of nitrogen functional groups attached to an aromatic ring is 1. The van der Waals surface area contributed by atoms with Gasteiger partial charge in [0.05, 0.1) is 6.04 Å². The Bertz CT molecular complexity index is 2370. The van der Waals surface area contributed by atoms with Crippen molar-refractivity contribution in [3.05, 3.63) is 200 Å². The lowest BCUT2D eigenvalue weighted by atomic mass is 9.80. The minimum absolute atomic E-state index is 0.00769. The molecule has 0 spiro atoms. The molecule has 290 valence electrons. The molecule has 0 aliphatic carbocycles. The van der Waals surface area contributed by atoms with Crippen LogP contribution < -0.4 is 11.1 Å². The quantitative estimate of drug-likeness (QED) is 0.0284. The van der Waals surface area contributed by atoms with E-state index in [9.17, 15) is 14.4 Å². The molecule has 0 bridgehead atoms. The summed E-state index contributed by atoms with van der Waals surface area (Å²) in [6.07, 6.45) is 0.0707. The van der Waals surface area contributed by atoms with E-state index in [-0.39, 0.29) is 26.6 Å². The van der Waals surface area contributed by atoms with Gasteiger partial charge in [0.15, 0.2) is 16.9 Å². The first-order chi connectivity index (χ1) is 28.3. The second-order valence-electron chi connectivity index (χ2n) is 13.7. The number of nitrogens with zero attached hydrogens (tertiary/aromatic N) is 3. The molecule has 3 N–H and O–H groups in total. The highest BCUT2D eigenvalue weighted by Crippen LogP contribution is 2.42. The molecular weight excluding hydrogens is 790 g/mol. The molecule has 6 aromatic rings. The van der Waals surface area contributed by atoms with Gasteiger partial charge in [0, 0.05) is 21.6 Å². The number of thiazole rings is 1. The van der Waals surface area contributed by atoms with E-state index in [4.69, 9.17) is 26.9 Å². The third-order valence-corrected chi connectivity index (χ3v) is 11.7. The Morgan fingerprint density at radius 3 is 1.78 bits per heavy atom. The largest absolute Gasteiger partial charge is 0.448 e. The number of halogens is 1. The first-order valence-electron chi connectivity index (χ1n) is 18.5. The fraction of sp³-hybridized carbons (Fsp3) is 0.133. The van der Waals surface area contributed by atoms with E-state index in [1.165, 1.54) is 4.90 Å². The Morgan fingerprint density at radius 2 is 1.31 bits per heavy atom. The summed E-state index contributed by atoms with van der Waals surface area (Å²) < 4.78 is 6.25. The molecule has 5 aromatic carbocycles. The van der Waals surface area contributed by atoms with E-state index in [0.29, 0.717) is 17.7 Å². The van der Waals surface area contributed by atoms with E-state index >= 15 is 0 Å². The number of thiol groups is 1. The number of carbonyl (C=O) groups excluding carboxylic acids is 3. The molecule has 8 rings (SSSR count). The van der Waals surface area contributed by atoms with Gasteiger partial charge < -0.3 is 20.6 Å². The van der Waals surface area contributed by atoms with Gasteiger partial charge in [0.25, 0.3) is 11.8 Å². The van der Waals surface area contributed by atoms with Crippen LogP contribution >= 0.6 is 35.6 Å². The number of rotatable bonds is 12. The average Bonchev–Trinajstić information content (AvgIpc) is 3.61. The van der Waals surface area contributed by atoms with Crippen molar-refractivity contribution >= 4 is 64.2 Å². The van der Waals surface area contributed by atoms with Crippen molar-refractivity contribution in [1.29, 1.82) is 0 Å². The molecule has 13 heteroatoms. The predicted molar refractivity (Wildman–Crippen MR) is 227 cm³/mol. The van der Waals surface area contributed by atoms with Crippen LogP contribution in [0.4, 0.5) is 5.13 Å². The first-order valence-corrected chi connectivity index (χ1v) is 20.1. The van der Waals surface area contributed by atoms with Crippen LogP contribution in [-0.4, -0.2) is 45.5 Å². The zero-order chi connectivity index (χ0) is 40.2. The number of carbonyl (C=O) groups is 3. The SMILES string of the molecule is Nc1nc(/C(=N\OC(c2ccccc2)(c2ccccc2)c2ccccc2)C(=O)N[C@H]2C(=O)N3C(C(=O)OC(c4ccccc4)c4ccccc4)=C(S)CCC23)c(Cl)s1. The van der Waals surface area contributed by atoms with Gasteiger partial charge in [0.2, 0.25) is 5.60 Å². The maximum absolute atomic E-state index is 14.4. The summed E-state index contributed by atoms with van der Waals surface area (Å²) >= 11 is 12.2. The van der Waals surface area contributed by atoms with Crippen LogP contribution in [0.1, 0.15) is 52.5 Å². The molecule has 1 unspecified atom stereocenters. The van der Waals surface area contributed by atoms with Gasteiger partial charge in [-0.15, -0.1) is 12.6 Å². The zero-order valence-corrected chi connectivity index (χ0v) is 33.2. The topological polar surface area (TPSA) is 136 Å². The molecule has 58 heavy (non-hydrogen) atoms. The summed E-state index contributed by atoms with van der Waals surface area (Å²) in [5, 5.41) is 7.50. The minimum Gasteiger partial charge on any atom is -0.448 e. The summed E-state index contributed by atoms with van der Waals surface area (Å²) in [5.74, 6) is -1.99. The zero-order valence-electron chi connectivity index (χ0n) is 30.8.